The van der Waals surface area contributed by atoms with Crippen LogP contribution in [0.4, 0.5) is 16.2 Å². The third-order valence-electron chi connectivity index (χ3n) is 6.49. The normalized spacial score (nSPS) is 11.7. The number of amides is 2. The third-order valence-corrected chi connectivity index (χ3v) is 7.00. The van der Waals surface area contributed by atoms with Crippen LogP contribution in [0, 0.1) is 0 Å². The molecule has 0 aliphatic rings. The van der Waals surface area contributed by atoms with Crippen LogP contribution in [0.3, 0.4) is 0 Å². The minimum Gasteiger partial charge on any atom is -0.453 e. The second kappa shape index (κ2) is 13.8. The summed E-state index contributed by atoms with van der Waals surface area (Å²) in [5.41, 5.74) is 11.0. The molecular weight excluding hydrogens is 605 g/mol. The molecule has 5 aromatic rings. The van der Waals surface area contributed by atoms with Crippen molar-refractivity contribution < 1.29 is 14.3 Å². The molecule has 14 heteroatoms. The minimum atomic E-state index is -0.585. The zero-order valence-electron chi connectivity index (χ0n) is 23.2. The van der Waals surface area contributed by atoms with Gasteiger partial charge in [0.15, 0.2) is 5.15 Å². The Kier molecular flexibility index (Phi) is 9.43. The molecule has 0 bridgehead atoms. The Morgan fingerprint density at radius 1 is 1.02 bits per heavy atom. The fourth-order valence-electron chi connectivity index (χ4n) is 4.31. The monoisotopic (exact) mass is 629 g/mol. The van der Waals surface area contributed by atoms with Crippen LogP contribution >= 0.6 is 23.2 Å². The lowest BCUT2D eigenvalue weighted by Crippen LogP contribution is -2.29. The Morgan fingerprint density at radius 3 is 2.50 bits per heavy atom. The first-order valence-corrected chi connectivity index (χ1v) is 13.9. The third kappa shape index (κ3) is 7.54. The summed E-state index contributed by atoms with van der Waals surface area (Å²) in [5, 5.41) is 26.0. The molecule has 2 amide bonds. The van der Waals surface area contributed by atoms with Crippen LogP contribution in [-0.2, 0) is 16.0 Å². The molecule has 0 aliphatic carbocycles. The number of halogens is 2. The van der Waals surface area contributed by atoms with Crippen LogP contribution in [0.5, 0.6) is 0 Å². The first-order chi connectivity index (χ1) is 21.3. The molecule has 0 saturated carbocycles. The number of aromatic nitrogens is 6. The van der Waals surface area contributed by atoms with Gasteiger partial charge < -0.3 is 15.8 Å². The molecular formula is C30H25Cl2N9O3. The SMILES string of the molecule is COC(=O)Nc1ccc(-c2cc([C@H](Cc3ccc(N)cc3)NC(=O)/C=C/c3cc(Cl)ccc3-n3cnnn3)nnc2Cl)cc1. The molecule has 0 spiro atoms. The van der Waals surface area contributed by atoms with E-state index < -0.39 is 12.1 Å². The Labute approximate surface area is 261 Å². The molecule has 44 heavy (non-hydrogen) atoms. The van der Waals surface area contributed by atoms with Crippen LogP contribution in [0.1, 0.15) is 22.9 Å². The van der Waals surface area contributed by atoms with Crippen LogP contribution < -0.4 is 16.4 Å². The summed E-state index contributed by atoms with van der Waals surface area (Å²) < 4.78 is 6.11. The molecule has 5 rings (SSSR count). The van der Waals surface area contributed by atoms with Crippen LogP contribution in [-0.4, -0.2) is 49.5 Å². The molecule has 0 unspecified atom stereocenters. The second-order valence-electron chi connectivity index (χ2n) is 9.47. The Morgan fingerprint density at radius 2 is 1.80 bits per heavy atom. The van der Waals surface area contributed by atoms with Crippen LogP contribution in [0.25, 0.3) is 22.9 Å². The molecule has 3 aromatic carbocycles. The number of nitrogens with zero attached hydrogens (tertiary/aromatic N) is 6. The number of tetrazole rings is 1. The number of nitrogens with one attached hydrogen (secondary N) is 2. The van der Waals surface area contributed by atoms with E-state index in [9.17, 15) is 9.59 Å². The highest BCUT2D eigenvalue weighted by Crippen LogP contribution is 2.30. The van der Waals surface area contributed by atoms with Crippen LogP contribution in [0.2, 0.25) is 10.2 Å². The fraction of sp³-hybridized carbons (Fsp3) is 0.100. The van der Waals surface area contributed by atoms with Crippen molar-refractivity contribution in [2.75, 3.05) is 18.2 Å². The van der Waals surface area contributed by atoms with Gasteiger partial charge in [-0.3, -0.25) is 10.1 Å². The molecule has 2 aromatic heterocycles. The topological polar surface area (TPSA) is 163 Å². The minimum absolute atomic E-state index is 0.177. The molecule has 0 aliphatic heterocycles. The summed E-state index contributed by atoms with van der Waals surface area (Å²) in [6, 6.07) is 20.7. The van der Waals surface area contributed by atoms with E-state index >= 15 is 0 Å². The Bertz CT molecular complexity index is 1800. The summed E-state index contributed by atoms with van der Waals surface area (Å²) in [4.78, 5) is 24.8. The standard InChI is InChI=1S/C30H25Cl2N9O3/c1-44-30(43)35-23-10-4-19(5-11-23)24-16-26(37-38-29(24)32)25(14-18-2-8-22(33)9-3-18)36-28(42)13-6-20-15-21(31)7-12-27(20)41-17-34-39-40-41/h2-13,15-17,25H,14,33H2,1H3,(H,35,43)(H,36,42)/b13-6+/t25-/m0/s1. The number of carbonyl (C=O) groups is 2. The second-order valence-corrected chi connectivity index (χ2v) is 10.3. The molecule has 4 N–H and O–H groups in total. The predicted molar refractivity (Wildman–Crippen MR) is 167 cm³/mol. The average molecular weight is 630 g/mol. The molecule has 12 nitrogen and oxygen atoms in total. The number of carbonyl (C=O) groups excluding carboxylic acids is 2. The van der Waals surface area contributed by atoms with Crippen LogP contribution in [0.15, 0.2) is 85.2 Å². The maximum atomic E-state index is 13.3. The van der Waals surface area contributed by atoms with Gasteiger partial charge in [0, 0.05) is 33.6 Å². The lowest BCUT2D eigenvalue weighted by atomic mass is 10.00. The van der Waals surface area contributed by atoms with Crippen molar-refractivity contribution in [3.63, 3.8) is 0 Å². The molecule has 1 atom stereocenters. The van der Waals surface area contributed by atoms with E-state index in [2.05, 4.69) is 41.1 Å². The number of ether oxygens (including phenoxy) is 1. The van der Waals surface area contributed by atoms with Gasteiger partial charge in [0.1, 0.15) is 6.33 Å². The highest BCUT2D eigenvalue weighted by molar-refractivity contribution is 6.32. The van der Waals surface area contributed by atoms with E-state index in [0.717, 1.165) is 11.1 Å². The van der Waals surface area contributed by atoms with Gasteiger partial charge in [-0.2, -0.15) is 9.78 Å². The average Bonchev–Trinajstić information content (AvgIpc) is 3.56. The van der Waals surface area contributed by atoms with E-state index in [1.165, 1.54) is 24.2 Å². The lowest BCUT2D eigenvalue weighted by Gasteiger charge is -2.19. The van der Waals surface area contributed by atoms with E-state index in [-0.39, 0.29) is 11.1 Å². The van der Waals surface area contributed by atoms with Crippen molar-refractivity contribution in [3.8, 4) is 16.8 Å². The van der Waals surface area contributed by atoms with Gasteiger partial charge in [0.2, 0.25) is 5.91 Å². The van der Waals surface area contributed by atoms with Gasteiger partial charge in [0.05, 0.1) is 24.5 Å². The van der Waals surface area contributed by atoms with Gasteiger partial charge >= 0.3 is 6.09 Å². The van der Waals surface area contributed by atoms with Crippen molar-refractivity contribution in [2.24, 2.45) is 0 Å². The number of nitrogens with two attached hydrogens (primary N) is 1. The van der Waals surface area contributed by atoms with Crippen molar-refractivity contribution in [3.05, 3.63) is 112 Å². The van der Waals surface area contributed by atoms with Crippen molar-refractivity contribution in [1.29, 1.82) is 0 Å². The van der Waals surface area contributed by atoms with E-state index in [4.69, 9.17) is 28.9 Å². The molecule has 222 valence electrons. The summed E-state index contributed by atoms with van der Waals surface area (Å²) in [6.45, 7) is 0. The number of hydrogen-bond acceptors (Lipinski definition) is 9. The lowest BCUT2D eigenvalue weighted by molar-refractivity contribution is -0.117. The van der Waals surface area contributed by atoms with Crippen molar-refractivity contribution >= 4 is 52.7 Å². The largest absolute Gasteiger partial charge is 0.453 e. The summed E-state index contributed by atoms with van der Waals surface area (Å²) in [6.07, 6.45) is 4.28. The quantitative estimate of drug-likeness (QED) is 0.145. The summed E-state index contributed by atoms with van der Waals surface area (Å²) in [5.74, 6) is -0.385. The molecule has 2 heterocycles. The van der Waals surface area contributed by atoms with E-state index in [0.29, 0.717) is 45.3 Å². The first-order valence-electron chi connectivity index (χ1n) is 13.1. The Balaban J connectivity index is 1.43. The van der Waals surface area contributed by atoms with Gasteiger partial charge in [0.25, 0.3) is 0 Å². The maximum absolute atomic E-state index is 13.3. The van der Waals surface area contributed by atoms with Crippen molar-refractivity contribution in [2.45, 2.75) is 12.5 Å². The number of methoxy groups -OCH3 is 1. The first kappa shape index (κ1) is 30.1. The maximum Gasteiger partial charge on any atom is 0.411 e. The van der Waals surface area contributed by atoms with E-state index in [1.54, 1.807) is 66.7 Å². The number of hydrogen-bond donors (Lipinski definition) is 3. The molecule has 0 radical (unpaired) electrons. The predicted octanol–water partition coefficient (Wildman–Crippen LogP) is 5.30. The number of nitrogen functional groups attached to an aromatic ring is 1. The van der Waals surface area contributed by atoms with Gasteiger partial charge in [-0.15, -0.1) is 10.2 Å². The summed E-state index contributed by atoms with van der Waals surface area (Å²) >= 11 is 12.7. The zero-order chi connectivity index (χ0) is 31.1. The van der Waals surface area contributed by atoms with Gasteiger partial charge in [-0.1, -0.05) is 47.5 Å². The van der Waals surface area contributed by atoms with Gasteiger partial charge in [-0.25, -0.2) is 4.79 Å². The summed E-state index contributed by atoms with van der Waals surface area (Å²) in [7, 11) is 1.29. The number of rotatable bonds is 9. The molecule has 0 fully saturated rings. The fourth-order valence-corrected chi connectivity index (χ4v) is 4.69. The smallest absolute Gasteiger partial charge is 0.411 e. The molecule has 0 saturated heterocycles. The number of anilines is 2. The highest BCUT2D eigenvalue weighted by atomic mass is 35.5. The van der Waals surface area contributed by atoms with Gasteiger partial charge in [-0.05, 0) is 82.6 Å². The zero-order valence-corrected chi connectivity index (χ0v) is 24.7. The van der Waals surface area contributed by atoms with E-state index in [1.807, 2.05) is 12.1 Å². The Hall–Kier alpha value is -5.33. The highest BCUT2D eigenvalue weighted by Gasteiger charge is 2.19. The number of benzene rings is 3. The van der Waals surface area contributed by atoms with Crippen molar-refractivity contribution in [1.82, 2.24) is 35.7 Å².